The number of carboxylic acid groups (broad SMARTS) is 1. The molecular formula is C14H20N2O3. The van der Waals surface area contributed by atoms with Crippen LogP contribution in [0.5, 0.6) is 0 Å². The second kappa shape index (κ2) is 6.22. The van der Waals surface area contributed by atoms with Crippen LogP contribution in [-0.4, -0.2) is 35.1 Å². The molecule has 0 aliphatic heterocycles. The van der Waals surface area contributed by atoms with Gasteiger partial charge in [-0.15, -0.1) is 0 Å². The zero-order chi connectivity index (χ0) is 14.6. The van der Waals surface area contributed by atoms with E-state index in [1.807, 2.05) is 13.8 Å². The van der Waals surface area contributed by atoms with Gasteiger partial charge in [-0.2, -0.15) is 0 Å². The zero-order valence-electron chi connectivity index (χ0n) is 11.7. The van der Waals surface area contributed by atoms with Gasteiger partial charge in [0.25, 0.3) is 0 Å². The smallest absolute Gasteiger partial charge is 0.338 e. The highest BCUT2D eigenvalue weighted by Gasteiger charge is 2.18. The molecule has 1 aromatic carbocycles. The Balaban J connectivity index is 2.97. The van der Waals surface area contributed by atoms with Gasteiger partial charge in [-0.25, -0.2) is 9.59 Å². The molecule has 0 radical (unpaired) electrons. The number of anilines is 1. The Bertz CT molecular complexity index is 486. The minimum absolute atomic E-state index is 0.0955. The number of carbonyl (C=O) groups excluding carboxylic acids is 1. The topological polar surface area (TPSA) is 69.6 Å². The second-order valence-corrected chi connectivity index (χ2v) is 4.60. The Kier molecular flexibility index (Phi) is 4.92. The van der Waals surface area contributed by atoms with E-state index in [2.05, 4.69) is 5.32 Å². The number of carbonyl (C=O) groups is 2. The normalized spacial score (nSPS) is 11.8. The van der Waals surface area contributed by atoms with Gasteiger partial charge in [-0.1, -0.05) is 19.1 Å². The number of aryl methyl sites for hydroxylation is 1. The lowest BCUT2D eigenvalue weighted by Gasteiger charge is -2.24. The van der Waals surface area contributed by atoms with Crippen molar-refractivity contribution in [2.24, 2.45) is 0 Å². The molecule has 1 unspecified atom stereocenters. The fraction of sp³-hybridized carbons (Fsp3) is 0.429. The lowest BCUT2D eigenvalue weighted by Crippen LogP contribution is -2.38. The number of benzene rings is 1. The minimum Gasteiger partial charge on any atom is -0.478 e. The summed E-state index contributed by atoms with van der Waals surface area (Å²) in [6.07, 6.45) is 0.837. The first-order valence-electron chi connectivity index (χ1n) is 6.25. The second-order valence-electron chi connectivity index (χ2n) is 4.60. The molecule has 19 heavy (non-hydrogen) atoms. The van der Waals surface area contributed by atoms with Gasteiger partial charge in [-0.3, -0.25) is 0 Å². The van der Waals surface area contributed by atoms with Crippen molar-refractivity contribution < 1.29 is 14.7 Å². The van der Waals surface area contributed by atoms with Crippen LogP contribution in [0, 0.1) is 6.92 Å². The lowest BCUT2D eigenvalue weighted by molar-refractivity contribution is 0.0697. The standard InChI is InChI=1S/C14H20N2O3/c1-5-10(3)16(4)14(19)15-11-8-6-7-9(2)12(11)13(17)18/h6-8,10H,5H2,1-4H3,(H,15,19)(H,17,18). The van der Waals surface area contributed by atoms with Crippen molar-refractivity contribution in [1.29, 1.82) is 0 Å². The zero-order valence-corrected chi connectivity index (χ0v) is 11.7. The molecule has 0 spiro atoms. The minimum atomic E-state index is -1.04. The van der Waals surface area contributed by atoms with Crippen LogP contribution in [0.15, 0.2) is 18.2 Å². The Morgan fingerprint density at radius 2 is 2.05 bits per heavy atom. The first-order chi connectivity index (χ1) is 8.88. The predicted octanol–water partition coefficient (Wildman–Crippen LogP) is 2.96. The molecule has 1 atom stereocenters. The van der Waals surface area contributed by atoms with Crippen LogP contribution in [0.3, 0.4) is 0 Å². The van der Waals surface area contributed by atoms with E-state index in [1.165, 1.54) is 0 Å². The average Bonchev–Trinajstić information content (AvgIpc) is 2.36. The highest BCUT2D eigenvalue weighted by molar-refractivity contribution is 6.01. The largest absolute Gasteiger partial charge is 0.478 e. The molecule has 104 valence electrons. The van der Waals surface area contributed by atoms with Crippen molar-refractivity contribution in [3.05, 3.63) is 29.3 Å². The SMILES string of the molecule is CCC(C)N(C)C(=O)Nc1cccc(C)c1C(=O)O. The third-order valence-electron chi connectivity index (χ3n) is 3.30. The van der Waals surface area contributed by atoms with E-state index in [1.54, 1.807) is 37.1 Å². The molecule has 2 N–H and O–H groups in total. The van der Waals surface area contributed by atoms with Crippen LogP contribution in [0.25, 0.3) is 0 Å². The molecule has 0 fully saturated rings. The van der Waals surface area contributed by atoms with Crippen LogP contribution in [0.4, 0.5) is 10.5 Å². The number of rotatable bonds is 4. The summed E-state index contributed by atoms with van der Waals surface area (Å²) in [5.41, 5.74) is 1.08. The Labute approximate surface area is 113 Å². The summed E-state index contributed by atoms with van der Waals surface area (Å²) in [6.45, 7) is 5.63. The molecule has 2 amide bonds. The maximum Gasteiger partial charge on any atom is 0.338 e. The van der Waals surface area contributed by atoms with Crippen molar-refractivity contribution in [2.75, 3.05) is 12.4 Å². The molecule has 0 heterocycles. The predicted molar refractivity (Wildman–Crippen MR) is 74.7 cm³/mol. The van der Waals surface area contributed by atoms with Crippen LogP contribution in [0.1, 0.15) is 36.2 Å². The highest BCUT2D eigenvalue weighted by atomic mass is 16.4. The monoisotopic (exact) mass is 264 g/mol. The van der Waals surface area contributed by atoms with Crippen LogP contribution in [-0.2, 0) is 0 Å². The van der Waals surface area contributed by atoms with E-state index >= 15 is 0 Å². The molecule has 1 aromatic rings. The van der Waals surface area contributed by atoms with E-state index in [0.29, 0.717) is 11.3 Å². The summed E-state index contributed by atoms with van der Waals surface area (Å²) < 4.78 is 0. The van der Waals surface area contributed by atoms with Gasteiger partial charge >= 0.3 is 12.0 Å². The number of hydrogen-bond donors (Lipinski definition) is 2. The summed E-state index contributed by atoms with van der Waals surface area (Å²) in [5.74, 6) is -1.04. The molecule has 5 nitrogen and oxygen atoms in total. The molecule has 0 saturated carbocycles. The van der Waals surface area contributed by atoms with E-state index in [0.717, 1.165) is 6.42 Å². The van der Waals surface area contributed by atoms with Gasteiger partial charge in [-0.05, 0) is 31.9 Å². The third-order valence-corrected chi connectivity index (χ3v) is 3.30. The number of urea groups is 1. The molecule has 1 rings (SSSR count). The third kappa shape index (κ3) is 3.47. The number of carboxylic acids is 1. The molecule has 0 aliphatic carbocycles. The summed E-state index contributed by atoms with van der Waals surface area (Å²) >= 11 is 0. The molecule has 5 heteroatoms. The highest BCUT2D eigenvalue weighted by Crippen LogP contribution is 2.20. The van der Waals surface area contributed by atoms with Gasteiger partial charge in [0.05, 0.1) is 11.3 Å². The number of aromatic carboxylic acids is 1. The van der Waals surface area contributed by atoms with Crippen molar-refractivity contribution in [3.8, 4) is 0 Å². The van der Waals surface area contributed by atoms with E-state index in [-0.39, 0.29) is 17.6 Å². The molecule has 0 saturated heterocycles. The fourth-order valence-electron chi connectivity index (χ4n) is 1.73. The van der Waals surface area contributed by atoms with Crippen molar-refractivity contribution in [1.82, 2.24) is 4.90 Å². The van der Waals surface area contributed by atoms with Crippen LogP contribution >= 0.6 is 0 Å². The van der Waals surface area contributed by atoms with Gasteiger partial charge in [0.15, 0.2) is 0 Å². The van der Waals surface area contributed by atoms with E-state index < -0.39 is 5.97 Å². The molecule has 0 bridgehead atoms. The molecular weight excluding hydrogens is 244 g/mol. The van der Waals surface area contributed by atoms with Gasteiger partial charge in [0, 0.05) is 13.1 Å². The van der Waals surface area contributed by atoms with E-state index in [9.17, 15) is 14.7 Å². The first kappa shape index (κ1) is 15.0. The average molecular weight is 264 g/mol. The molecule has 0 aromatic heterocycles. The Morgan fingerprint density at radius 1 is 1.42 bits per heavy atom. The van der Waals surface area contributed by atoms with Crippen LogP contribution in [0.2, 0.25) is 0 Å². The van der Waals surface area contributed by atoms with E-state index in [4.69, 9.17) is 0 Å². The Hall–Kier alpha value is -2.04. The maximum absolute atomic E-state index is 12.0. The maximum atomic E-state index is 12.0. The van der Waals surface area contributed by atoms with Gasteiger partial charge < -0.3 is 15.3 Å². The van der Waals surface area contributed by atoms with Crippen molar-refractivity contribution in [3.63, 3.8) is 0 Å². The number of amides is 2. The quantitative estimate of drug-likeness (QED) is 0.878. The fourth-order valence-corrected chi connectivity index (χ4v) is 1.73. The van der Waals surface area contributed by atoms with Crippen molar-refractivity contribution >= 4 is 17.7 Å². The van der Waals surface area contributed by atoms with Crippen molar-refractivity contribution in [2.45, 2.75) is 33.2 Å². The summed E-state index contributed by atoms with van der Waals surface area (Å²) in [7, 11) is 1.69. The lowest BCUT2D eigenvalue weighted by atomic mass is 10.1. The van der Waals surface area contributed by atoms with Gasteiger partial charge in [0.2, 0.25) is 0 Å². The summed E-state index contributed by atoms with van der Waals surface area (Å²) in [5, 5.41) is 11.8. The molecule has 0 aliphatic rings. The number of hydrogen-bond acceptors (Lipinski definition) is 2. The van der Waals surface area contributed by atoms with Gasteiger partial charge in [0.1, 0.15) is 0 Å². The number of nitrogens with one attached hydrogen (secondary N) is 1. The number of nitrogens with zero attached hydrogens (tertiary/aromatic N) is 1. The summed E-state index contributed by atoms with van der Waals surface area (Å²) in [6, 6.07) is 4.82. The summed E-state index contributed by atoms with van der Waals surface area (Å²) in [4.78, 5) is 24.8. The van der Waals surface area contributed by atoms with Crippen LogP contribution < -0.4 is 5.32 Å². The Morgan fingerprint density at radius 3 is 2.58 bits per heavy atom. The first-order valence-corrected chi connectivity index (χ1v) is 6.25.